The van der Waals surface area contributed by atoms with Gasteiger partial charge in [0.1, 0.15) is 11.5 Å². The van der Waals surface area contributed by atoms with Crippen molar-refractivity contribution in [3.63, 3.8) is 0 Å². The third-order valence-electron chi connectivity index (χ3n) is 5.04. The van der Waals surface area contributed by atoms with Gasteiger partial charge in [-0.05, 0) is 72.3 Å². The van der Waals surface area contributed by atoms with E-state index in [2.05, 4.69) is 26.5 Å². The second-order valence-corrected chi connectivity index (χ2v) is 8.93. The fourth-order valence-electron chi connectivity index (χ4n) is 3.21. The van der Waals surface area contributed by atoms with Gasteiger partial charge in [0, 0.05) is 15.1 Å². The van der Waals surface area contributed by atoms with Crippen LogP contribution in [-0.2, 0) is 4.79 Å². The van der Waals surface area contributed by atoms with Crippen molar-refractivity contribution in [3.8, 4) is 11.5 Å². The summed E-state index contributed by atoms with van der Waals surface area (Å²) in [6.07, 6.45) is 0.619. The van der Waals surface area contributed by atoms with E-state index in [9.17, 15) is 9.59 Å². The Hall–Kier alpha value is -3.68. The molecule has 1 amide bonds. The van der Waals surface area contributed by atoms with Gasteiger partial charge in [-0.2, -0.15) is 5.10 Å². The fraction of sp³-hybridized carbons (Fsp3) is 0.0741. The lowest BCUT2D eigenvalue weighted by Gasteiger charge is -2.13. The van der Waals surface area contributed by atoms with Crippen molar-refractivity contribution in [2.24, 2.45) is 5.10 Å². The Labute approximate surface area is 215 Å². The third-order valence-corrected chi connectivity index (χ3v) is 5.78. The number of rotatable bonds is 7. The van der Waals surface area contributed by atoms with Crippen LogP contribution in [0.2, 0.25) is 5.02 Å². The predicted molar refractivity (Wildman–Crippen MR) is 140 cm³/mol. The monoisotopic (exact) mass is 550 g/mol. The molecule has 4 rings (SSSR count). The normalized spacial score (nSPS) is 11.9. The maximum Gasteiger partial charge on any atom is 0.343 e. The second-order valence-electron chi connectivity index (χ2n) is 7.58. The molecule has 4 aromatic carbocycles. The van der Waals surface area contributed by atoms with Gasteiger partial charge in [-0.25, -0.2) is 10.2 Å². The highest BCUT2D eigenvalue weighted by Gasteiger charge is 2.15. The molecule has 0 aliphatic heterocycles. The molecule has 8 heteroatoms. The number of carbonyl (C=O) groups excluding carboxylic acids is 2. The van der Waals surface area contributed by atoms with Crippen LogP contribution in [0.15, 0.2) is 94.5 Å². The highest BCUT2D eigenvalue weighted by molar-refractivity contribution is 9.10. The van der Waals surface area contributed by atoms with E-state index in [1.807, 2.05) is 42.5 Å². The van der Waals surface area contributed by atoms with Gasteiger partial charge in [-0.15, -0.1) is 0 Å². The molecule has 6 nitrogen and oxygen atoms in total. The number of esters is 1. The van der Waals surface area contributed by atoms with E-state index in [1.165, 1.54) is 6.21 Å². The SMILES string of the molecule is CC(Oc1ccc2ccccc2c1)C(=O)N/N=C/c1cc(Br)ccc1OC(=O)c1ccc(Cl)cc1. The minimum Gasteiger partial charge on any atom is -0.481 e. The van der Waals surface area contributed by atoms with E-state index in [0.717, 1.165) is 15.2 Å². The van der Waals surface area contributed by atoms with Crippen LogP contribution >= 0.6 is 27.5 Å². The average Bonchev–Trinajstić information content (AvgIpc) is 2.85. The Morgan fingerprint density at radius 2 is 1.71 bits per heavy atom. The van der Waals surface area contributed by atoms with E-state index in [1.54, 1.807) is 49.4 Å². The minimum absolute atomic E-state index is 0.284. The molecule has 0 aromatic heterocycles. The van der Waals surface area contributed by atoms with Gasteiger partial charge in [0.25, 0.3) is 5.91 Å². The number of nitrogens with one attached hydrogen (secondary N) is 1. The Morgan fingerprint density at radius 3 is 2.49 bits per heavy atom. The first-order valence-electron chi connectivity index (χ1n) is 10.6. The lowest BCUT2D eigenvalue weighted by Crippen LogP contribution is -2.33. The van der Waals surface area contributed by atoms with Crippen molar-refractivity contribution in [1.82, 2.24) is 5.43 Å². The van der Waals surface area contributed by atoms with E-state index in [0.29, 0.717) is 21.9 Å². The summed E-state index contributed by atoms with van der Waals surface area (Å²) >= 11 is 9.26. The zero-order valence-corrected chi connectivity index (χ0v) is 20.9. The van der Waals surface area contributed by atoms with Gasteiger partial charge < -0.3 is 9.47 Å². The molecule has 1 N–H and O–H groups in total. The van der Waals surface area contributed by atoms with Crippen molar-refractivity contribution in [1.29, 1.82) is 0 Å². The van der Waals surface area contributed by atoms with Crippen LogP contribution in [0.5, 0.6) is 11.5 Å². The number of nitrogens with zero attached hydrogens (tertiary/aromatic N) is 1. The van der Waals surface area contributed by atoms with Crippen molar-refractivity contribution < 1.29 is 19.1 Å². The van der Waals surface area contributed by atoms with Crippen LogP contribution in [0.3, 0.4) is 0 Å². The van der Waals surface area contributed by atoms with Gasteiger partial charge in [0.2, 0.25) is 0 Å². The van der Waals surface area contributed by atoms with Crippen LogP contribution in [0.25, 0.3) is 10.8 Å². The van der Waals surface area contributed by atoms with E-state index in [4.69, 9.17) is 21.1 Å². The number of fused-ring (bicyclic) bond motifs is 1. The second kappa shape index (κ2) is 11.2. The minimum atomic E-state index is -0.780. The Bertz CT molecular complexity index is 1410. The van der Waals surface area contributed by atoms with E-state index in [-0.39, 0.29) is 5.75 Å². The van der Waals surface area contributed by atoms with Crippen molar-refractivity contribution in [3.05, 3.63) is 106 Å². The number of hydrogen-bond donors (Lipinski definition) is 1. The predicted octanol–water partition coefficient (Wildman–Crippen LogP) is 6.39. The maximum absolute atomic E-state index is 12.5. The number of amides is 1. The zero-order chi connectivity index (χ0) is 24.8. The lowest BCUT2D eigenvalue weighted by molar-refractivity contribution is -0.127. The first-order chi connectivity index (χ1) is 16.9. The van der Waals surface area contributed by atoms with E-state index < -0.39 is 18.0 Å². The highest BCUT2D eigenvalue weighted by Crippen LogP contribution is 2.24. The molecular weight excluding hydrogens is 532 g/mol. The third kappa shape index (κ3) is 6.47. The number of carbonyl (C=O) groups is 2. The summed E-state index contributed by atoms with van der Waals surface area (Å²) < 4.78 is 12.0. The molecule has 0 fully saturated rings. The Morgan fingerprint density at radius 1 is 0.971 bits per heavy atom. The van der Waals surface area contributed by atoms with Crippen LogP contribution in [0.4, 0.5) is 0 Å². The lowest BCUT2D eigenvalue weighted by atomic mass is 10.1. The number of halogens is 2. The molecule has 0 heterocycles. The molecule has 176 valence electrons. The van der Waals surface area contributed by atoms with Crippen LogP contribution in [0.1, 0.15) is 22.8 Å². The molecule has 0 saturated heterocycles. The molecule has 0 bridgehead atoms. The molecule has 0 saturated carbocycles. The summed E-state index contributed by atoms with van der Waals surface area (Å²) in [6, 6.07) is 25.0. The summed E-state index contributed by atoms with van der Waals surface area (Å²) in [4.78, 5) is 25.0. The van der Waals surface area contributed by atoms with Gasteiger partial charge >= 0.3 is 5.97 Å². The molecule has 1 atom stereocenters. The fourth-order valence-corrected chi connectivity index (χ4v) is 3.72. The Balaban J connectivity index is 1.40. The van der Waals surface area contributed by atoms with Gasteiger partial charge in [0.05, 0.1) is 11.8 Å². The molecule has 35 heavy (non-hydrogen) atoms. The van der Waals surface area contributed by atoms with E-state index >= 15 is 0 Å². The van der Waals surface area contributed by atoms with Gasteiger partial charge in [0.15, 0.2) is 6.10 Å². The quantitative estimate of drug-likeness (QED) is 0.125. The first kappa shape index (κ1) is 24.4. The molecular formula is C27H20BrClN2O4. The van der Waals surface area contributed by atoms with Crippen LogP contribution in [0, 0.1) is 0 Å². The van der Waals surface area contributed by atoms with Gasteiger partial charge in [-0.3, -0.25) is 4.79 Å². The largest absolute Gasteiger partial charge is 0.481 e. The number of ether oxygens (including phenoxy) is 2. The number of hydrogen-bond acceptors (Lipinski definition) is 5. The summed E-state index contributed by atoms with van der Waals surface area (Å²) in [7, 11) is 0. The molecule has 0 aliphatic carbocycles. The summed E-state index contributed by atoms with van der Waals surface area (Å²) in [6.45, 7) is 1.64. The molecule has 0 aliphatic rings. The maximum atomic E-state index is 12.5. The zero-order valence-electron chi connectivity index (χ0n) is 18.6. The standard InChI is InChI=1S/C27H20BrClN2O4/c1-17(34-24-12-8-18-4-2-3-5-20(18)15-24)26(32)31-30-16-21-14-22(28)9-13-25(21)35-27(33)19-6-10-23(29)11-7-19/h2-17H,1H3,(H,31,32)/b30-16+. The van der Waals surface area contributed by atoms with Crippen molar-refractivity contribution in [2.45, 2.75) is 13.0 Å². The smallest absolute Gasteiger partial charge is 0.343 e. The number of benzene rings is 4. The van der Waals surface area contributed by atoms with Gasteiger partial charge in [-0.1, -0.05) is 57.9 Å². The van der Waals surface area contributed by atoms with Crippen molar-refractivity contribution in [2.75, 3.05) is 0 Å². The Kier molecular flexibility index (Phi) is 7.80. The molecule has 4 aromatic rings. The van der Waals surface area contributed by atoms with Crippen molar-refractivity contribution >= 4 is 56.4 Å². The number of hydrazone groups is 1. The highest BCUT2D eigenvalue weighted by atomic mass is 79.9. The summed E-state index contributed by atoms with van der Waals surface area (Å²) in [5.74, 6) is -0.102. The molecule has 1 unspecified atom stereocenters. The topological polar surface area (TPSA) is 77.0 Å². The first-order valence-corrected chi connectivity index (χ1v) is 11.8. The van der Waals surface area contributed by atoms with Crippen LogP contribution in [-0.4, -0.2) is 24.2 Å². The average molecular weight is 552 g/mol. The molecule has 0 radical (unpaired) electrons. The molecule has 0 spiro atoms. The van der Waals surface area contributed by atoms with Crippen LogP contribution < -0.4 is 14.9 Å². The summed E-state index contributed by atoms with van der Waals surface area (Å²) in [5.41, 5.74) is 3.31. The summed E-state index contributed by atoms with van der Waals surface area (Å²) in [5, 5.41) is 6.64.